The largest absolute Gasteiger partial charge is 0.350 e. The molecule has 7 nitrogen and oxygen atoms in total. The van der Waals surface area contributed by atoms with Crippen molar-refractivity contribution < 1.29 is 18.0 Å². The fourth-order valence-electron chi connectivity index (χ4n) is 2.92. The summed E-state index contributed by atoms with van der Waals surface area (Å²) in [5.41, 5.74) is 1.45. The Balaban J connectivity index is 2.17. The summed E-state index contributed by atoms with van der Waals surface area (Å²) < 4.78 is 25.5. The molecule has 0 radical (unpaired) electrons. The van der Waals surface area contributed by atoms with E-state index in [1.165, 1.54) is 26.3 Å². The van der Waals surface area contributed by atoms with Crippen LogP contribution in [0.3, 0.4) is 0 Å². The maximum absolute atomic E-state index is 12.7. The highest BCUT2D eigenvalue weighted by Crippen LogP contribution is 2.22. The molecule has 0 aliphatic heterocycles. The number of nitrogens with zero attached hydrogens (tertiary/aromatic N) is 2. The number of carbonyl (C=O) groups excluding carboxylic acids is 1. The van der Waals surface area contributed by atoms with Crippen LogP contribution in [0.2, 0.25) is 0 Å². The monoisotopic (exact) mass is 425 g/mol. The highest BCUT2D eigenvalue weighted by Gasteiger charge is 2.23. The molecular formula is C19H27N3O4S2. The Morgan fingerprint density at radius 1 is 1.25 bits per heavy atom. The lowest BCUT2D eigenvalue weighted by molar-refractivity contribution is -0.0258. The number of hydrogen-bond acceptors (Lipinski definition) is 6. The fraction of sp³-hybridized carbons (Fsp3) is 0.421. The molecule has 1 N–H and O–H groups in total. The maximum Gasteiger partial charge on any atom is 0.264 e. The molecule has 1 aromatic heterocycles. The van der Waals surface area contributed by atoms with E-state index in [1.54, 1.807) is 23.5 Å². The van der Waals surface area contributed by atoms with Crippen molar-refractivity contribution in [2.24, 2.45) is 0 Å². The zero-order valence-corrected chi connectivity index (χ0v) is 18.2. The standard InChI is InChI=1S/C19H27N3O4S2/c1-5-22(6-2)18(16-10-11-27-14-16)13-20-19(23)15-8-7-9-17(12-15)28(24,25)21(3)26-4/h7-12,14,18H,5-6,13H2,1-4H3,(H,20,23). The Morgan fingerprint density at radius 2 is 1.96 bits per heavy atom. The molecule has 0 aliphatic carbocycles. The highest BCUT2D eigenvalue weighted by molar-refractivity contribution is 7.89. The van der Waals surface area contributed by atoms with Crippen LogP contribution in [0.25, 0.3) is 0 Å². The number of sulfonamides is 1. The maximum atomic E-state index is 12.7. The van der Waals surface area contributed by atoms with E-state index in [2.05, 4.69) is 35.5 Å². The highest BCUT2D eigenvalue weighted by atomic mass is 32.2. The number of thiophene rings is 1. The van der Waals surface area contributed by atoms with Gasteiger partial charge in [0.15, 0.2) is 0 Å². The third-order valence-corrected chi connectivity index (χ3v) is 7.00. The van der Waals surface area contributed by atoms with Crippen LogP contribution in [-0.2, 0) is 14.9 Å². The van der Waals surface area contributed by atoms with Gasteiger partial charge >= 0.3 is 0 Å². The predicted molar refractivity (Wildman–Crippen MR) is 111 cm³/mol. The van der Waals surface area contributed by atoms with E-state index in [0.717, 1.165) is 23.1 Å². The summed E-state index contributed by atoms with van der Waals surface area (Å²) in [6.07, 6.45) is 0. The van der Waals surface area contributed by atoms with Crippen LogP contribution in [0.5, 0.6) is 0 Å². The minimum absolute atomic E-state index is 0.00243. The number of hydrogen-bond donors (Lipinski definition) is 1. The fourth-order valence-corrected chi connectivity index (χ4v) is 4.65. The molecule has 2 rings (SSSR count). The lowest BCUT2D eigenvalue weighted by Crippen LogP contribution is -2.38. The second-order valence-corrected chi connectivity index (χ2v) is 8.84. The average Bonchev–Trinajstić information content (AvgIpc) is 3.24. The van der Waals surface area contributed by atoms with Crippen LogP contribution in [0.1, 0.15) is 35.8 Å². The summed E-state index contributed by atoms with van der Waals surface area (Å²) in [6, 6.07) is 8.07. The van der Waals surface area contributed by atoms with Gasteiger partial charge in [0.25, 0.3) is 15.9 Å². The number of rotatable bonds is 10. The summed E-state index contributed by atoms with van der Waals surface area (Å²) in [4.78, 5) is 19.7. The van der Waals surface area contributed by atoms with Crippen molar-refractivity contribution in [1.29, 1.82) is 0 Å². The Hall–Kier alpha value is -1.78. The predicted octanol–water partition coefficient (Wildman–Crippen LogP) is 2.74. The molecule has 154 valence electrons. The van der Waals surface area contributed by atoms with E-state index in [4.69, 9.17) is 4.84 Å². The molecule has 0 bridgehead atoms. The first-order valence-electron chi connectivity index (χ1n) is 9.02. The molecule has 0 saturated heterocycles. The number of likely N-dealkylation sites (N-methyl/N-ethyl adjacent to an activating group) is 1. The first kappa shape index (κ1) is 22.5. The van der Waals surface area contributed by atoms with Crippen LogP contribution in [0.15, 0.2) is 46.0 Å². The van der Waals surface area contributed by atoms with Crippen LogP contribution in [0.4, 0.5) is 0 Å². The van der Waals surface area contributed by atoms with Crippen molar-refractivity contribution >= 4 is 27.3 Å². The van der Waals surface area contributed by atoms with Gasteiger partial charge in [0.05, 0.1) is 18.0 Å². The van der Waals surface area contributed by atoms with E-state index < -0.39 is 10.0 Å². The minimum Gasteiger partial charge on any atom is -0.350 e. The Bertz CT molecular complexity index is 865. The van der Waals surface area contributed by atoms with E-state index >= 15 is 0 Å². The number of nitrogens with one attached hydrogen (secondary N) is 1. The van der Waals surface area contributed by atoms with Gasteiger partial charge < -0.3 is 5.32 Å². The molecule has 0 saturated carbocycles. The van der Waals surface area contributed by atoms with Crippen LogP contribution in [0, 0.1) is 0 Å². The van der Waals surface area contributed by atoms with Crippen molar-refractivity contribution in [1.82, 2.24) is 14.7 Å². The quantitative estimate of drug-likeness (QED) is 0.592. The van der Waals surface area contributed by atoms with Gasteiger partial charge in [-0.15, -0.1) is 0 Å². The van der Waals surface area contributed by atoms with Crippen LogP contribution < -0.4 is 5.32 Å². The lowest BCUT2D eigenvalue weighted by Gasteiger charge is -2.29. The van der Waals surface area contributed by atoms with Gasteiger partial charge in [-0.3, -0.25) is 14.5 Å². The molecule has 1 heterocycles. The molecule has 1 amide bonds. The molecule has 1 unspecified atom stereocenters. The van der Waals surface area contributed by atoms with Gasteiger partial charge in [0, 0.05) is 19.2 Å². The first-order valence-corrected chi connectivity index (χ1v) is 11.4. The average molecular weight is 426 g/mol. The van der Waals surface area contributed by atoms with Gasteiger partial charge in [-0.05, 0) is 53.7 Å². The zero-order valence-electron chi connectivity index (χ0n) is 16.6. The topological polar surface area (TPSA) is 79.0 Å². The van der Waals surface area contributed by atoms with E-state index in [-0.39, 0.29) is 22.4 Å². The molecule has 1 aromatic carbocycles. The van der Waals surface area contributed by atoms with Gasteiger partial charge in [-0.25, -0.2) is 8.42 Å². The van der Waals surface area contributed by atoms with Crippen molar-refractivity contribution in [3.8, 4) is 0 Å². The Kier molecular flexibility index (Phi) is 8.14. The number of amides is 1. The van der Waals surface area contributed by atoms with Crippen molar-refractivity contribution in [3.05, 3.63) is 52.2 Å². The molecule has 9 heteroatoms. The summed E-state index contributed by atoms with van der Waals surface area (Å²) >= 11 is 1.62. The summed E-state index contributed by atoms with van der Waals surface area (Å²) in [5.74, 6) is -0.315. The second-order valence-electron chi connectivity index (χ2n) is 6.13. The lowest BCUT2D eigenvalue weighted by atomic mass is 10.1. The van der Waals surface area contributed by atoms with Crippen molar-refractivity contribution in [2.75, 3.05) is 33.8 Å². The Labute approximate surface area is 170 Å². The smallest absolute Gasteiger partial charge is 0.264 e. The SMILES string of the molecule is CCN(CC)C(CNC(=O)c1cccc(S(=O)(=O)N(C)OC)c1)c1ccsc1. The molecule has 0 fully saturated rings. The summed E-state index contributed by atoms with van der Waals surface area (Å²) in [7, 11) is -1.24. The van der Waals surface area contributed by atoms with Gasteiger partial charge in [-0.1, -0.05) is 24.4 Å². The van der Waals surface area contributed by atoms with Crippen molar-refractivity contribution in [3.63, 3.8) is 0 Å². The Morgan fingerprint density at radius 3 is 2.54 bits per heavy atom. The van der Waals surface area contributed by atoms with Crippen LogP contribution >= 0.6 is 11.3 Å². The molecule has 0 aliphatic rings. The molecule has 28 heavy (non-hydrogen) atoms. The number of benzene rings is 1. The molecule has 1 atom stereocenters. The van der Waals surface area contributed by atoms with Gasteiger partial charge in [0.2, 0.25) is 0 Å². The van der Waals surface area contributed by atoms with Gasteiger partial charge in [-0.2, -0.15) is 11.3 Å². The van der Waals surface area contributed by atoms with E-state index in [1.807, 2.05) is 5.38 Å². The van der Waals surface area contributed by atoms with Crippen molar-refractivity contribution in [2.45, 2.75) is 24.8 Å². The normalized spacial score (nSPS) is 13.1. The third kappa shape index (κ3) is 5.18. The van der Waals surface area contributed by atoms with Crippen LogP contribution in [-0.4, -0.2) is 57.5 Å². The molecule has 0 spiro atoms. The summed E-state index contributed by atoms with van der Waals surface area (Å²) in [6.45, 7) is 6.34. The minimum atomic E-state index is -3.81. The zero-order chi connectivity index (χ0) is 20.7. The molecule has 2 aromatic rings. The number of hydroxylamine groups is 1. The second kappa shape index (κ2) is 10.1. The van der Waals surface area contributed by atoms with E-state index in [9.17, 15) is 13.2 Å². The van der Waals surface area contributed by atoms with Gasteiger partial charge in [0.1, 0.15) is 0 Å². The molecular weight excluding hydrogens is 398 g/mol. The first-order chi connectivity index (χ1) is 13.3. The van der Waals surface area contributed by atoms with E-state index in [0.29, 0.717) is 6.54 Å². The summed E-state index contributed by atoms with van der Waals surface area (Å²) in [5, 5.41) is 7.05. The number of carbonyl (C=O) groups is 1. The third-order valence-electron chi connectivity index (χ3n) is 4.63.